The SMILES string of the molecule is CCCCCC(=O)Oc1ccc(-c2cnc(-c3ccc4c(c3F)C(F)(F)C([SiH2]C(C)CCCCCCC(C)CCCCC)O4)nc2)cc1. The maximum atomic E-state index is 15.7. The van der Waals surface area contributed by atoms with E-state index in [4.69, 9.17) is 9.47 Å². The van der Waals surface area contributed by atoms with Gasteiger partial charge in [0.25, 0.3) is 0 Å². The normalized spacial score (nSPS) is 16.5. The Balaban J connectivity index is 1.29. The predicted octanol–water partition coefficient (Wildman–Crippen LogP) is 10.8. The molecule has 3 aromatic rings. The quantitative estimate of drug-likeness (QED) is 0.0514. The molecule has 0 bridgehead atoms. The predicted molar refractivity (Wildman–Crippen MR) is 190 cm³/mol. The summed E-state index contributed by atoms with van der Waals surface area (Å²) in [7, 11) is -1.36. The molecular weight excluding hydrogens is 630 g/mol. The molecule has 48 heavy (non-hydrogen) atoms. The molecule has 0 radical (unpaired) electrons. The zero-order chi connectivity index (χ0) is 34.5. The van der Waals surface area contributed by atoms with Gasteiger partial charge in [0.05, 0.1) is 15.1 Å². The molecular formula is C39H53F3N2O3Si. The molecule has 0 amide bonds. The zero-order valence-electron chi connectivity index (χ0n) is 29.2. The highest BCUT2D eigenvalue weighted by Gasteiger charge is 2.53. The number of halogens is 3. The summed E-state index contributed by atoms with van der Waals surface area (Å²) >= 11 is 0. The van der Waals surface area contributed by atoms with Gasteiger partial charge in [-0.1, -0.05) is 122 Å². The van der Waals surface area contributed by atoms with Gasteiger partial charge in [-0.3, -0.25) is 4.79 Å². The molecule has 4 rings (SSSR count). The van der Waals surface area contributed by atoms with E-state index >= 15 is 13.2 Å². The number of rotatable bonds is 20. The van der Waals surface area contributed by atoms with E-state index in [1.807, 2.05) is 6.92 Å². The van der Waals surface area contributed by atoms with Gasteiger partial charge in [-0.05, 0) is 42.2 Å². The molecule has 3 unspecified atom stereocenters. The molecule has 2 heterocycles. The third kappa shape index (κ3) is 10.4. The highest BCUT2D eigenvalue weighted by Crippen LogP contribution is 2.49. The van der Waals surface area contributed by atoms with Crippen molar-refractivity contribution in [3.63, 3.8) is 0 Å². The van der Waals surface area contributed by atoms with Crippen LogP contribution in [0.1, 0.15) is 123 Å². The standard InChI is InChI=1S/C39H53F3N2O3Si/c1-5-7-11-15-27(3)16-13-9-10-14-17-28(4)48-38-39(41,42)35-33(47-38)24-23-32(36(35)40)37-43-25-30(26-44-37)29-19-21-31(22-20-29)46-34(45)18-12-8-6-2/h19-28,38H,5-18,48H2,1-4H3. The van der Waals surface area contributed by atoms with Gasteiger partial charge in [-0.25, -0.2) is 14.4 Å². The summed E-state index contributed by atoms with van der Waals surface area (Å²) in [6.07, 6.45) is 18.2. The molecule has 1 aromatic heterocycles. The first-order chi connectivity index (χ1) is 23.1. The van der Waals surface area contributed by atoms with Crippen molar-refractivity contribution in [2.24, 2.45) is 5.92 Å². The average molecular weight is 683 g/mol. The maximum absolute atomic E-state index is 15.7. The number of benzene rings is 2. The lowest BCUT2D eigenvalue weighted by Crippen LogP contribution is -2.37. The third-order valence-electron chi connectivity index (χ3n) is 9.47. The lowest BCUT2D eigenvalue weighted by molar-refractivity contribution is -0.134. The summed E-state index contributed by atoms with van der Waals surface area (Å²) in [4.78, 5) is 20.6. The average Bonchev–Trinajstić information content (AvgIpc) is 3.32. The fourth-order valence-corrected chi connectivity index (χ4v) is 8.50. The van der Waals surface area contributed by atoms with Crippen LogP contribution in [0.4, 0.5) is 13.2 Å². The van der Waals surface area contributed by atoms with Gasteiger partial charge >= 0.3 is 11.9 Å². The number of aromatic nitrogens is 2. The van der Waals surface area contributed by atoms with Gasteiger partial charge in [-0.2, -0.15) is 8.78 Å². The molecule has 0 N–H and O–H groups in total. The Morgan fingerprint density at radius 2 is 1.48 bits per heavy atom. The smallest absolute Gasteiger partial charge is 0.311 e. The summed E-state index contributed by atoms with van der Waals surface area (Å²) in [6, 6.07) is 9.79. The first-order valence-electron chi connectivity index (χ1n) is 18.1. The van der Waals surface area contributed by atoms with E-state index in [-0.39, 0.29) is 28.6 Å². The van der Waals surface area contributed by atoms with Crippen LogP contribution in [0.25, 0.3) is 22.5 Å². The number of carbonyl (C=O) groups excluding carboxylic acids is 1. The van der Waals surface area contributed by atoms with E-state index in [1.54, 1.807) is 24.3 Å². The summed E-state index contributed by atoms with van der Waals surface area (Å²) in [5.41, 5.74) is -0.413. The highest BCUT2D eigenvalue weighted by molar-refractivity contribution is 6.39. The topological polar surface area (TPSA) is 61.3 Å². The second-order valence-electron chi connectivity index (χ2n) is 13.7. The number of unbranched alkanes of at least 4 members (excludes halogenated alkanes) is 7. The Kier molecular flexibility index (Phi) is 14.5. The van der Waals surface area contributed by atoms with E-state index in [0.717, 1.165) is 50.0 Å². The van der Waals surface area contributed by atoms with Crippen LogP contribution in [0.5, 0.6) is 11.5 Å². The molecule has 262 valence electrons. The van der Waals surface area contributed by atoms with E-state index in [0.29, 0.717) is 17.7 Å². The van der Waals surface area contributed by atoms with Gasteiger partial charge in [0.15, 0.2) is 5.82 Å². The molecule has 0 saturated carbocycles. The van der Waals surface area contributed by atoms with Gasteiger partial charge in [0, 0.05) is 24.4 Å². The van der Waals surface area contributed by atoms with Crippen LogP contribution in [-0.4, -0.2) is 31.2 Å². The van der Waals surface area contributed by atoms with Crippen molar-refractivity contribution in [3.05, 3.63) is 60.2 Å². The number of ether oxygens (including phenoxy) is 2. The van der Waals surface area contributed by atoms with Gasteiger partial charge < -0.3 is 9.47 Å². The van der Waals surface area contributed by atoms with Crippen LogP contribution in [-0.2, 0) is 10.7 Å². The van der Waals surface area contributed by atoms with Crippen molar-refractivity contribution in [2.45, 2.75) is 135 Å². The largest absolute Gasteiger partial charge is 0.488 e. The van der Waals surface area contributed by atoms with Crippen molar-refractivity contribution in [2.75, 3.05) is 0 Å². The molecule has 1 aliphatic heterocycles. The fraction of sp³-hybridized carbons (Fsp3) is 0.564. The summed E-state index contributed by atoms with van der Waals surface area (Å²) in [6.45, 7) is 8.70. The molecule has 9 heteroatoms. The molecule has 2 aromatic carbocycles. The minimum Gasteiger partial charge on any atom is -0.488 e. The number of hydrogen-bond acceptors (Lipinski definition) is 5. The minimum absolute atomic E-state index is 0.0249. The molecule has 3 atom stereocenters. The van der Waals surface area contributed by atoms with Gasteiger partial charge in [0.2, 0.25) is 0 Å². The van der Waals surface area contributed by atoms with Crippen molar-refractivity contribution in [1.82, 2.24) is 9.97 Å². The lowest BCUT2D eigenvalue weighted by atomic mass is 9.96. The summed E-state index contributed by atoms with van der Waals surface area (Å²) in [5.74, 6) is -3.52. The van der Waals surface area contributed by atoms with Crippen LogP contribution in [0, 0.1) is 11.7 Å². The van der Waals surface area contributed by atoms with Crippen molar-refractivity contribution < 1.29 is 27.4 Å². The van der Waals surface area contributed by atoms with E-state index in [1.165, 1.54) is 69.5 Å². The first kappa shape index (κ1) is 37.6. The van der Waals surface area contributed by atoms with E-state index in [2.05, 4.69) is 30.7 Å². The minimum atomic E-state index is -3.40. The second-order valence-corrected chi connectivity index (χ2v) is 16.3. The Hall–Kier alpha value is -3.20. The Labute approximate surface area is 287 Å². The molecule has 5 nitrogen and oxygen atoms in total. The lowest BCUT2D eigenvalue weighted by Gasteiger charge is -2.21. The molecule has 0 aliphatic carbocycles. The second kappa shape index (κ2) is 18.5. The number of hydrogen-bond donors (Lipinski definition) is 0. The van der Waals surface area contributed by atoms with Gasteiger partial charge in [-0.15, -0.1) is 0 Å². The number of esters is 1. The van der Waals surface area contributed by atoms with E-state index in [9.17, 15) is 4.79 Å². The van der Waals surface area contributed by atoms with Crippen LogP contribution in [0.2, 0.25) is 5.54 Å². The third-order valence-corrected chi connectivity index (χ3v) is 11.8. The van der Waals surface area contributed by atoms with Crippen molar-refractivity contribution >= 4 is 15.5 Å². The van der Waals surface area contributed by atoms with Crippen LogP contribution >= 0.6 is 0 Å². The van der Waals surface area contributed by atoms with Crippen LogP contribution in [0.3, 0.4) is 0 Å². The fourth-order valence-electron chi connectivity index (χ4n) is 6.47. The number of nitrogens with zero attached hydrogens (tertiary/aromatic N) is 2. The highest BCUT2D eigenvalue weighted by atomic mass is 28.2. The molecule has 0 fully saturated rings. The number of fused-ring (bicyclic) bond motifs is 1. The van der Waals surface area contributed by atoms with Crippen molar-refractivity contribution in [3.8, 4) is 34.0 Å². The molecule has 0 spiro atoms. The maximum Gasteiger partial charge on any atom is 0.311 e. The molecule has 1 aliphatic rings. The number of alkyl halides is 2. The Morgan fingerprint density at radius 3 is 2.15 bits per heavy atom. The summed E-state index contributed by atoms with van der Waals surface area (Å²) in [5, 5.41) is 0. The van der Waals surface area contributed by atoms with Crippen LogP contribution in [0.15, 0.2) is 48.8 Å². The van der Waals surface area contributed by atoms with Crippen molar-refractivity contribution in [1.29, 1.82) is 0 Å². The van der Waals surface area contributed by atoms with Crippen LogP contribution < -0.4 is 9.47 Å². The zero-order valence-corrected chi connectivity index (χ0v) is 30.6. The number of carbonyl (C=O) groups is 1. The first-order valence-corrected chi connectivity index (χ1v) is 19.8. The monoisotopic (exact) mass is 682 g/mol. The van der Waals surface area contributed by atoms with Gasteiger partial charge in [0.1, 0.15) is 28.6 Å². The summed E-state index contributed by atoms with van der Waals surface area (Å²) < 4.78 is 58.2. The molecule has 0 saturated heterocycles. The van der Waals surface area contributed by atoms with E-state index < -0.39 is 32.6 Å². The Morgan fingerprint density at radius 1 is 0.854 bits per heavy atom. The Bertz CT molecular complexity index is 1440.